The lowest BCUT2D eigenvalue weighted by Gasteiger charge is -2.15. The summed E-state index contributed by atoms with van der Waals surface area (Å²) in [5.41, 5.74) is 1.48. The topological polar surface area (TPSA) is 81.5 Å². The average Bonchev–Trinajstić information content (AvgIpc) is 2.54. The summed E-state index contributed by atoms with van der Waals surface area (Å²) < 4.78 is 5.61. The number of ether oxygens (including phenoxy) is 1. The summed E-state index contributed by atoms with van der Waals surface area (Å²) in [6, 6.07) is 12.9. The van der Waals surface area contributed by atoms with E-state index < -0.39 is 4.92 Å². The summed E-state index contributed by atoms with van der Waals surface area (Å²) in [7, 11) is 0. The molecule has 0 aliphatic rings. The molecule has 1 unspecified atom stereocenters. The van der Waals surface area contributed by atoms with Crippen molar-refractivity contribution >= 4 is 11.6 Å². The number of amides is 1. The number of hydrogen-bond acceptors (Lipinski definition) is 4. The van der Waals surface area contributed by atoms with Crippen molar-refractivity contribution in [2.75, 3.05) is 6.61 Å². The van der Waals surface area contributed by atoms with Gasteiger partial charge in [0.05, 0.1) is 11.0 Å². The molecule has 0 heterocycles. The van der Waals surface area contributed by atoms with Crippen molar-refractivity contribution in [3.8, 4) is 5.75 Å². The number of nitrogens with one attached hydrogen (secondary N) is 1. The summed E-state index contributed by atoms with van der Waals surface area (Å²) >= 11 is 0. The van der Waals surface area contributed by atoms with Gasteiger partial charge in [-0.25, -0.2) is 0 Å². The van der Waals surface area contributed by atoms with E-state index in [1.807, 2.05) is 38.1 Å². The molecule has 23 heavy (non-hydrogen) atoms. The van der Waals surface area contributed by atoms with Crippen molar-refractivity contribution in [2.24, 2.45) is 0 Å². The van der Waals surface area contributed by atoms with Crippen LogP contribution in [0.15, 0.2) is 48.5 Å². The fraction of sp³-hybridized carbons (Fsp3) is 0.235. The summed E-state index contributed by atoms with van der Waals surface area (Å²) in [6.45, 7) is 4.16. The van der Waals surface area contributed by atoms with Crippen LogP contribution in [0.25, 0.3) is 0 Å². The molecule has 0 aliphatic heterocycles. The molecule has 1 atom stereocenters. The van der Waals surface area contributed by atoms with E-state index in [0.717, 1.165) is 11.3 Å². The fourth-order valence-corrected chi connectivity index (χ4v) is 1.94. The fourth-order valence-electron chi connectivity index (χ4n) is 1.94. The quantitative estimate of drug-likeness (QED) is 0.656. The van der Waals surface area contributed by atoms with Crippen molar-refractivity contribution in [1.29, 1.82) is 0 Å². The van der Waals surface area contributed by atoms with Crippen LogP contribution in [0.4, 0.5) is 5.69 Å². The molecule has 0 aliphatic carbocycles. The molecule has 120 valence electrons. The minimum Gasteiger partial charge on any atom is -0.491 e. The Balaban J connectivity index is 1.86. The lowest BCUT2D eigenvalue weighted by atomic mass is 10.2. The van der Waals surface area contributed by atoms with Crippen LogP contribution < -0.4 is 10.1 Å². The van der Waals surface area contributed by atoms with Crippen LogP contribution >= 0.6 is 0 Å². The highest BCUT2D eigenvalue weighted by Gasteiger charge is 2.12. The Morgan fingerprint density at radius 1 is 1.17 bits per heavy atom. The maximum absolute atomic E-state index is 12.1. The minimum atomic E-state index is -0.500. The number of non-ortho nitro benzene ring substituents is 1. The normalized spacial score (nSPS) is 11.6. The van der Waals surface area contributed by atoms with Crippen LogP contribution in [0.1, 0.15) is 22.8 Å². The molecule has 0 spiro atoms. The molecule has 0 radical (unpaired) electrons. The first kappa shape index (κ1) is 16.5. The van der Waals surface area contributed by atoms with Crippen molar-refractivity contribution in [2.45, 2.75) is 19.9 Å². The van der Waals surface area contributed by atoms with Gasteiger partial charge in [0, 0.05) is 17.7 Å². The molecular formula is C17H18N2O4. The second kappa shape index (κ2) is 7.40. The summed E-state index contributed by atoms with van der Waals surface area (Å²) in [5, 5.41) is 13.4. The van der Waals surface area contributed by atoms with E-state index in [0.29, 0.717) is 12.2 Å². The Bertz CT molecular complexity index is 681. The second-order valence-electron chi connectivity index (χ2n) is 5.30. The smallest absolute Gasteiger partial charge is 0.269 e. The Kier molecular flexibility index (Phi) is 5.30. The lowest BCUT2D eigenvalue weighted by Crippen LogP contribution is -2.36. The van der Waals surface area contributed by atoms with Gasteiger partial charge in [0.2, 0.25) is 0 Å². The number of rotatable bonds is 6. The summed E-state index contributed by atoms with van der Waals surface area (Å²) in [5.74, 6) is 0.451. The average molecular weight is 314 g/mol. The van der Waals surface area contributed by atoms with Gasteiger partial charge in [0.15, 0.2) is 0 Å². The zero-order valence-corrected chi connectivity index (χ0v) is 13.0. The van der Waals surface area contributed by atoms with Crippen molar-refractivity contribution < 1.29 is 14.5 Å². The van der Waals surface area contributed by atoms with Gasteiger partial charge in [0.1, 0.15) is 12.4 Å². The van der Waals surface area contributed by atoms with Gasteiger partial charge in [-0.1, -0.05) is 17.7 Å². The number of nitro groups is 1. The Hall–Kier alpha value is -2.89. The maximum Gasteiger partial charge on any atom is 0.269 e. The minimum absolute atomic E-state index is 0.0442. The Morgan fingerprint density at radius 3 is 2.35 bits per heavy atom. The van der Waals surface area contributed by atoms with Gasteiger partial charge in [-0.15, -0.1) is 0 Å². The number of aryl methyl sites for hydroxylation is 1. The van der Waals surface area contributed by atoms with Crippen LogP contribution in [0.5, 0.6) is 5.75 Å². The number of nitro benzene ring substituents is 1. The summed E-state index contributed by atoms with van der Waals surface area (Å²) in [4.78, 5) is 22.1. The molecule has 2 rings (SSSR count). The standard InChI is InChI=1S/C17H18N2O4/c1-12-3-9-16(10-4-12)23-11-13(2)18-17(20)14-5-7-15(8-6-14)19(21)22/h3-10,13H,11H2,1-2H3,(H,18,20). The number of hydrogen-bond donors (Lipinski definition) is 1. The molecule has 0 bridgehead atoms. The highest BCUT2D eigenvalue weighted by atomic mass is 16.6. The van der Waals surface area contributed by atoms with Crippen LogP contribution in [0, 0.1) is 17.0 Å². The molecule has 0 saturated heterocycles. The molecule has 6 nitrogen and oxygen atoms in total. The van der Waals surface area contributed by atoms with E-state index in [1.165, 1.54) is 24.3 Å². The number of carbonyl (C=O) groups is 1. The third kappa shape index (κ3) is 4.81. The monoisotopic (exact) mass is 314 g/mol. The van der Waals surface area contributed by atoms with Gasteiger partial charge >= 0.3 is 0 Å². The molecule has 0 fully saturated rings. The van der Waals surface area contributed by atoms with E-state index in [9.17, 15) is 14.9 Å². The molecule has 6 heteroatoms. The van der Waals surface area contributed by atoms with E-state index >= 15 is 0 Å². The van der Waals surface area contributed by atoms with E-state index in [-0.39, 0.29) is 17.6 Å². The van der Waals surface area contributed by atoms with Crippen LogP contribution in [-0.4, -0.2) is 23.5 Å². The van der Waals surface area contributed by atoms with Gasteiger partial charge in [-0.3, -0.25) is 14.9 Å². The molecule has 1 amide bonds. The van der Waals surface area contributed by atoms with Gasteiger partial charge in [0.25, 0.3) is 11.6 Å². The number of benzene rings is 2. The van der Waals surface area contributed by atoms with Crippen LogP contribution in [0.3, 0.4) is 0 Å². The van der Waals surface area contributed by atoms with E-state index in [1.54, 1.807) is 0 Å². The van der Waals surface area contributed by atoms with Crippen molar-refractivity contribution in [3.05, 3.63) is 69.8 Å². The second-order valence-corrected chi connectivity index (χ2v) is 5.30. The largest absolute Gasteiger partial charge is 0.491 e. The molecule has 0 aromatic heterocycles. The Morgan fingerprint density at radius 2 is 1.78 bits per heavy atom. The van der Waals surface area contributed by atoms with Gasteiger partial charge < -0.3 is 10.1 Å². The predicted molar refractivity (Wildman–Crippen MR) is 86.7 cm³/mol. The van der Waals surface area contributed by atoms with Gasteiger partial charge in [-0.05, 0) is 38.1 Å². The maximum atomic E-state index is 12.1. The zero-order valence-electron chi connectivity index (χ0n) is 13.0. The number of carbonyl (C=O) groups excluding carboxylic acids is 1. The summed E-state index contributed by atoms with van der Waals surface area (Å²) in [6.07, 6.45) is 0. The molecule has 1 N–H and O–H groups in total. The van der Waals surface area contributed by atoms with E-state index in [2.05, 4.69) is 5.32 Å². The highest BCUT2D eigenvalue weighted by molar-refractivity contribution is 5.94. The molecule has 2 aromatic carbocycles. The first-order valence-corrected chi connectivity index (χ1v) is 7.20. The van der Waals surface area contributed by atoms with Crippen molar-refractivity contribution in [1.82, 2.24) is 5.32 Å². The third-order valence-electron chi connectivity index (χ3n) is 3.24. The van der Waals surface area contributed by atoms with Crippen LogP contribution in [0.2, 0.25) is 0 Å². The van der Waals surface area contributed by atoms with Crippen LogP contribution in [-0.2, 0) is 0 Å². The van der Waals surface area contributed by atoms with Gasteiger partial charge in [-0.2, -0.15) is 0 Å². The zero-order chi connectivity index (χ0) is 16.8. The molecular weight excluding hydrogens is 296 g/mol. The molecule has 0 saturated carbocycles. The first-order valence-electron chi connectivity index (χ1n) is 7.20. The first-order chi connectivity index (χ1) is 11.0. The highest BCUT2D eigenvalue weighted by Crippen LogP contribution is 2.13. The third-order valence-corrected chi connectivity index (χ3v) is 3.24. The number of nitrogens with zero attached hydrogens (tertiary/aromatic N) is 1. The predicted octanol–water partition coefficient (Wildman–Crippen LogP) is 3.10. The van der Waals surface area contributed by atoms with Crippen molar-refractivity contribution in [3.63, 3.8) is 0 Å². The Labute approximate surface area is 134 Å². The lowest BCUT2D eigenvalue weighted by molar-refractivity contribution is -0.384. The molecule has 2 aromatic rings. The van der Waals surface area contributed by atoms with E-state index in [4.69, 9.17) is 4.74 Å². The SMILES string of the molecule is Cc1ccc(OCC(C)NC(=O)c2ccc([N+](=O)[O-])cc2)cc1.